The number of thiophene rings is 1. The number of anilines is 1. The summed E-state index contributed by atoms with van der Waals surface area (Å²) in [6, 6.07) is 43.9. The summed E-state index contributed by atoms with van der Waals surface area (Å²) >= 11 is 1.72. The van der Waals surface area contributed by atoms with Crippen molar-refractivity contribution in [2.45, 2.75) is 6.17 Å². The first-order chi connectivity index (χ1) is 21.8. The van der Waals surface area contributed by atoms with Crippen LogP contribution in [0.3, 0.4) is 0 Å². The molecule has 0 radical (unpaired) electrons. The fourth-order valence-electron chi connectivity index (χ4n) is 6.02. The van der Waals surface area contributed by atoms with E-state index in [0.29, 0.717) is 0 Å². The van der Waals surface area contributed by atoms with E-state index >= 15 is 0 Å². The van der Waals surface area contributed by atoms with Gasteiger partial charge in [-0.1, -0.05) is 109 Å². The SMILES string of the molecule is C1=NC(c2ccccc2)Nc2oc3ccc(-c4ccc(-c5nc(-c6ccccc6)c6c(n5)sc5ccccc56)cc4)cc3c21. The van der Waals surface area contributed by atoms with E-state index in [0.717, 1.165) is 72.0 Å². The summed E-state index contributed by atoms with van der Waals surface area (Å²) in [6.45, 7) is 0. The second kappa shape index (κ2) is 10.0. The van der Waals surface area contributed by atoms with Crippen molar-refractivity contribution < 1.29 is 4.42 Å². The summed E-state index contributed by atoms with van der Waals surface area (Å²) < 4.78 is 7.41. The van der Waals surface area contributed by atoms with Gasteiger partial charge in [0.05, 0.1) is 11.3 Å². The van der Waals surface area contributed by atoms with E-state index in [4.69, 9.17) is 19.4 Å². The van der Waals surface area contributed by atoms with Crippen LogP contribution in [-0.4, -0.2) is 16.2 Å². The third kappa shape index (κ3) is 4.11. The van der Waals surface area contributed by atoms with E-state index in [1.807, 2.05) is 36.5 Å². The Balaban J connectivity index is 1.08. The van der Waals surface area contributed by atoms with Crippen LogP contribution in [0.1, 0.15) is 17.3 Å². The van der Waals surface area contributed by atoms with Crippen molar-refractivity contribution >= 4 is 54.7 Å². The van der Waals surface area contributed by atoms with Crippen LogP contribution in [0.4, 0.5) is 5.88 Å². The Morgan fingerprint density at radius 1 is 0.636 bits per heavy atom. The Bertz CT molecular complexity index is 2360. The molecule has 208 valence electrons. The quantitative estimate of drug-likeness (QED) is 0.224. The van der Waals surface area contributed by atoms with Crippen molar-refractivity contribution in [2.75, 3.05) is 5.32 Å². The normalized spacial score (nSPS) is 14.2. The first-order valence-corrected chi connectivity index (χ1v) is 15.4. The summed E-state index contributed by atoms with van der Waals surface area (Å²) in [7, 11) is 0. The minimum absolute atomic E-state index is 0.160. The fraction of sp³-hybridized carbons (Fsp3) is 0.0263. The van der Waals surface area contributed by atoms with Crippen LogP contribution >= 0.6 is 11.3 Å². The van der Waals surface area contributed by atoms with Gasteiger partial charge in [0.15, 0.2) is 5.82 Å². The molecule has 1 aliphatic heterocycles. The standard InChI is InChI=1S/C38H24N4OS/c1-3-9-24(10-4-1)34-33-28-13-7-8-14-32(28)44-38(33)42-36(40-34)26-17-15-23(16-18-26)27-19-20-31-29(21-27)30-22-39-35(41-37(30)43-31)25-11-5-2-6-12-25/h1-22,35,41H. The molecule has 0 fully saturated rings. The molecule has 0 saturated carbocycles. The molecule has 0 saturated heterocycles. The topological polar surface area (TPSA) is 63.3 Å². The van der Waals surface area contributed by atoms with Crippen molar-refractivity contribution in [3.8, 4) is 33.8 Å². The van der Waals surface area contributed by atoms with Crippen LogP contribution in [0.5, 0.6) is 0 Å². The highest BCUT2D eigenvalue weighted by Crippen LogP contribution is 2.40. The summed E-state index contributed by atoms with van der Waals surface area (Å²) in [5.41, 5.74) is 8.16. The number of aromatic nitrogens is 2. The van der Waals surface area contributed by atoms with Crippen molar-refractivity contribution in [1.29, 1.82) is 0 Å². The van der Waals surface area contributed by atoms with E-state index in [-0.39, 0.29) is 6.17 Å². The third-order valence-electron chi connectivity index (χ3n) is 8.22. The Hall–Kier alpha value is -5.59. The molecule has 5 aromatic carbocycles. The van der Waals surface area contributed by atoms with Crippen molar-refractivity contribution in [2.24, 2.45) is 4.99 Å². The number of furan rings is 1. The smallest absolute Gasteiger partial charge is 0.204 e. The summed E-state index contributed by atoms with van der Waals surface area (Å²) in [5.74, 6) is 1.48. The van der Waals surface area contributed by atoms with Crippen molar-refractivity contribution in [1.82, 2.24) is 9.97 Å². The van der Waals surface area contributed by atoms with Crippen LogP contribution in [0.15, 0.2) is 137 Å². The van der Waals surface area contributed by atoms with Gasteiger partial charge >= 0.3 is 0 Å². The summed E-state index contributed by atoms with van der Waals surface area (Å²) in [4.78, 5) is 16.0. The lowest BCUT2D eigenvalue weighted by atomic mass is 10.0. The molecule has 44 heavy (non-hydrogen) atoms. The average molecular weight is 585 g/mol. The van der Waals surface area contributed by atoms with Crippen LogP contribution in [0.2, 0.25) is 0 Å². The fourth-order valence-corrected chi connectivity index (χ4v) is 7.09. The zero-order chi connectivity index (χ0) is 29.0. The molecule has 1 atom stereocenters. The second-order valence-electron chi connectivity index (χ2n) is 10.9. The molecule has 1 aliphatic rings. The van der Waals surface area contributed by atoms with Gasteiger partial charge in [0.2, 0.25) is 5.88 Å². The molecule has 0 spiro atoms. The molecule has 0 bridgehead atoms. The molecule has 9 rings (SSSR count). The van der Waals surface area contributed by atoms with Gasteiger partial charge in [-0.05, 0) is 34.9 Å². The van der Waals surface area contributed by atoms with Crippen molar-refractivity contribution in [3.05, 3.63) is 139 Å². The highest BCUT2D eigenvalue weighted by molar-refractivity contribution is 7.25. The van der Waals surface area contributed by atoms with Crippen LogP contribution in [-0.2, 0) is 0 Å². The number of rotatable bonds is 4. The molecule has 3 aromatic heterocycles. The van der Waals surface area contributed by atoms with E-state index in [2.05, 4.69) is 102 Å². The van der Waals surface area contributed by atoms with E-state index in [9.17, 15) is 0 Å². The first-order valence-electron chi connectivity index (χ1n) is 14.6. The minimum Gasteiger partial charge on any atom is -0.440 e. The van der Waals surface area contributed by atoms with Gasteiger partial charge < -0.3 is 9.73 Å². The maximum atomic E-state index is 6.20. The summed E-state index contributed by atoms with van der Waals surface area (Å²) in [6.07, 6.45) is 1.77. The molecule has 8 aromatic rings. The Kier molecular flexibility index (Phi) is 5.67. The molecule has 1 unspecified atom stereocenters. The number of aliphatic imine (C=N–C) groups is 1. The molecular weight excluding hydrogens is 561 g/mol. The predicted octanol–water partition coefficient (Wildman–Crippen LogP) is 10.1. The molecule has 5 nitrogen and oxygen atoms in total. The largest absolute Gasteiger partial charge is 0.440 e. The van der Waals surface area contributed by atoms with Gasteiger partial charge in [-0.3, -0.25) is 4.99 Å². The highest BCUT2D eigenvalue weighted by atomic mass is 32.1. The number of hydrogen-bond acceptors (Lipinski definition) is 6. The van der Waals surface area contributed by atoms with E-state index in [1.165, 1.54) is 10.1 Å². The predicted molar refractivity (Wildman–Crippen MR) is 181 cm³/mol. The lowest BCUT2D eigenvalue weighted by Crippen LogP contribution is -2.13. The molecular formula is C38H24N4OS. The molecule has 6 heteroatoms. The molecule has 0 aliphatic carbocycles. The van der Waals surface area contributed by atoms with Gasteiger partial charge in [-0.2, -0.15) is 0 Å². The van der Waals surface area contributed by atoms with Gasteiger partial charge in [0.1, 0.15) is 16.6 Å². The number of fused-ring (bicyclic) bond motifs is 6. The van der Waals surface area contributed by atoms with Crippen LogP contribution < -0.4 is 5.32 Å². The van der Waals surface area contributed by atoms with E-state index in [1.54, 1.807) is 11.3 Å². The van der Waals surface area contributed by atoms with Crippen LogP contribution in [0, 0.1) is 0 Å². The molecule has 4 heterocycles. The lowest BCUT2D eigenvalue weighted by molar-refractivity contribution is 0.609. The lowest BCUT2D eigenvalue weighted by Gasteiger charge is -2.18. The van der Waals surface area contributed by atoms with Gasteiger partial charge in [0.25, 0.3) is 0 Å². The monoisotopic (exact) mass is 584 g/mol. The zero-order valence-corrected chi connectivity index (χ0v) is 24.3. The number of nitrogens with zero attached hydrogens (tertiary/aromatic N) is 3. The molecule has 1 N–H and O–H groups in total. The first kappa shape index (κ1) is 25.0. The maximum Gasteiger partial charge on any atom is 0.204 e. The Labute approximate surface area is 257 Å². The molecule has 0 amide bonds. The van der Waals surface area contributed by atoms with Gasteiger partial charge in [-0.15, -0.1) is 11.3 Å². The minimum atomic E-state index is -0.160. The van der Waals surface area contributed by atoms with E-state index < -0.39 is 0 Å². The number of hydrogen-bond donors (Lipinski definition) is 1. The average Bonchev–Trinajstić information content (AvgIpc) is 3.66. The van der Waals surface area contributed by atoms with Crippen molar-refractivity contribution in [3.63, 3.8) is 0 Å². The van der Waals surface area contributed by atoms with Crippen LogP contribution in [0.25, 0.3) is 65.0 Å². The highest BCUT2D eigenvalue weighted by Gasteiger charge is 2.22. The maximum absolute atomic E-state index is 6.20. The Morgan fingerprint density at radius 2 is 1.36 bits per heavy atom. The zero-order valence-electron chi connectivity index (χ0n) is 23.4. The summed E-state index contributed by atoms with van der Waals surface area (Å²) in [5, 5.41) is 6.79. The number of benzene rings is 5. The second-order valence-corrected chi connectivity index (χ2v) is 11.9. The number of nitrogens with one attached hydrogen (secondary N) is 1. The Morgan fingerprint density at radius 3 is 2.20 bits per heavy atom. The third-order valence-corrected chi connectivity index (χ3v) is 9.29. The van der Waals surface area contributed by atoms with Gasteiger partial charge in [0, 0.05) is 38.2 Å². The van der Waals surface area contributed by atoms with Gasteiger partial charge in [-0.25, -0.2) is 9.97 Å².